The minimum absolute atomic E-state index is 0.0199. The lowest BCUT2D eigenvalue weighted by Gasteiger charge is -2.02. The highest BCUT2D eigenvalue weighted by molar-refractivity contribution is 5.61. The fourth-order valence-electron chi connectivity index (χ4n) is 1.07. The maximum absolute atomic E-state index is 9.51. The van der Waals surface area contributed by atoms with Gasteiger partial charge in [-0.05, 0) is 11.2 Å². The molecule has 0 saturated heterocycles. The molecule has 0 atom stereocenters. The molecule has 0 aliphatic rings. The predicted octanol–water partition coefficient (Wildman–Crippen LogP) is 0.903. The lowest BCUT2D eigenvalue weighted by molar-refractivity contribution is 0.424. The van der Waals surface area contributed by atoms with Crippen molar-refractivity contribution in [1.82, 2.24) is 15.1 Å². The van der Waals surface area contributed by atoms with E-state index in [9.17, 15) is 5.11 Å². The quantitative estimate of drug-likeness (QED) is 0.786. The molecule has 6 heteroatoms. The van der Waals surface area contributed by atoms with E-state index < -0.39 is 0 Å². The Kier molecular flexibility index (Phi) is 2.24. The molecular weight excluding hydrogens is 196 g/mol. The zero-order valence-electron chi connectivity index (χ0n) is 8.38. The molecule has 15 heavy (non-hydrogen) atoms. The molecule has 0 aliphatic heterocycles. The molecule has 2 aromatic heterocycles. The second-order valence-corrected chi connectivity index (χ2v) is 3.19. The van der Waals surface area contributed by atoms with E-state index in [0.717, 1.165) is 0 Å². The highest BCUT2D eigenvalue weighted by atomic mass is 16.5. The Morgan fingerprint density at radius 1 is 1.40 bits per heavy atom. The van der Waals surface area contributed by atoms with Gasteiger partial charge in [0.2, 0.25) is 0 Å². The van der Waals surface area contributed by atoms with Gasteiger partial charge < -0.3 is 14.5 Å². The van der Waals surface area contributed by atoms with Crippen LogP contribution in [0.5, 0.6) is 5.75 Å². The Morgan fingerprint density at radius 3 is 2.80 bits per heavy atom. The van der Waals surface area contributed by atoms with Crippen molar-refractivity contribution in [2.75, 3.05) is 19.0 Å². The molecule has 78 valence electrons. The molecule has 0 radical (unpaired) electrons. The average Bonchev–Trinajstić information content (AvgIpc) is 2.67. The molecular formula is C9H10N4O2. The summed E-state index contributed by atoms with van der Waals surface area (Å²) in [6, 6.07) is 1.61. The van der Waals surface area contributed by atoms with Crippen molar-refractivity contribution in [3.63, 3.8) is 0 Å². The number of hydrogen-bond donors (Lipinski definition) is 1. The van der Waals surface area contributed by atoms with Crippen LogP contribution >= 0.6 is 0 Å². The Labute approximate surface area is 86.2 Å². The van der Waals surface area contributed by atoms with Crippen LogP contribution in [0, 0.1) is 0 Å². The monoisotopic (exact) mass is 206 g/mol. The molecule has 2 aromatic rings. The summed E-state index contributed by atoms with van der Waals surface area (Å²) in [5, 5.41) is 13.2. The molecule has 6 nitrogen and oxygen atoms in total. The van der Waals surface area contributed by atoms with Crippen LogP contribution < -0.4 is 4.90 Å². The summed E-state index contributed by atoms with van der Waals surface area (Å²) in [5.74, 6) is 0.756. The van der Waals surface area contributed by atoms with Crippen molar-refractivity contribution >= 4 is 5.95 Å². The van der Waals surface area contributed by atoms with E-state index in [1.165, 1.54) is 6.20 Å². The zero-order chi connectivity index (χ0) is 10.8. The van der Waals surface area contributed by atoms with Gasteiger partial charge in [0.05, 0.1) is 11.8 Å². The third-order valence-electron chi connectivity index (χ3n) is 1.85. The van der Waals surface area contributed by atoms with Gasteiger partial charge in [0, 0.05) is 20.3 Å². The summed E-state index contributed by atoms with van der Waals surface area (Å²) >= 11 is 0. The first-order valence-electron chi connectivity index (χ1n) is 4.33. The van der Waals surface area contributed by atoms with Crippen LogP contribution in [-0.2, 0) is 0 Å². The number of aromatic hydroxyl groups is 1. The summed E-state index contributed by atoms with van der Waals surface area (Å²) in [6.45, 7) is 0. The van der Waals surface area contributed by atoms with Crippen molar-refractivity contribution in [2.24, 2.45) is 0 Å². The van der Waals surface area contributed by atoms with E-state index in [1.807, 2.05) is 0 Å². The van der Waals surface area contributed by atoms with Gasteiger partial charge in [0.25, 0.3) is 11.8 Å². The number of anilines is 1. The molecule has 0 spiro atoms. The van der Waals surface area contributed by atoms with Crippen molar-refractivity contribution in [2.45, 2.75) is 0 Å². The first-order valence-corrected chi connectivity index (χ1v) is 4.33. The summed E-state index contributed by atoms with van der Waals surface area (Å²) in [7, 11) is 3.61. The van der Waals surface area contributed by atoms with Gasteiger partial charge >= 0.3 is 0 Å². The standard InChI is InChI=1S/C9H10N4O2/c1-13(2)9-11-8(15-12-9)6-3-4-10-5-7(6)14/h3-5,14H,1-2H3. The summed E-state index contributed by atoms with van der Waals surface area (Å²) in [4.78, 5) is 9.58. The van der Waals surface area contributed by atoms with E-state index in [4.69, 9.17) is 4.52 Å². The minimum Gasteiger partial charge on any atom is -0.505 e. The zero-order valence-corrected chi connectivity index (χ0v) is 8.38. The number of nitrogens with zero attached hydrogens (tertiary/aromatic N) is 4. The van der Waals surface area contributed by atoms with E-state index in [2.05, 4.69) is 15.1 Å². The van der Waals surface area contributed by atoms with Gasteiger partial charge in [-0.2, -0.15) is 4.98 Å². The number of pyridine rings is 1. The largest absolute Gasteiger partial charge is 0.505 e. The van der Waals surface area contributed by atoms with E-state index in [1.54, 1.807) is 31.3 Å². The maximum atomic E-state index is 9.51. The van der Waals surface area contributed by atoms with Crippen LogP contribution in [0.4, 0.5) is 5.95 Å². The lowest BCUT2D eigenvalue weighted by atomic mass is 10.2. The van der Waals surface area contributed by atoms with E-state index in [0.29, 0.717) is 11.5 Å². The topological polar surface area (TPSA) is 75.3 Å². The van der Waals surface area contributed by atoms with Crippen LogP contribution in [-0.4, -0.2) is 34.3 Å². The number of hydrogen-bond acceptors (Lipinski definition) is 6. The Bertz CT molecular complexity index is 467. The second-order valence-electron chi connectivity index (χ2n) is 3.19. The highest BCUT2D eigenvalue weighted by Crippen LogP contribution is 2.26. The van der Waals surface area contributed by atoms with Crippen LogP contribution in [0.15, 0.2) is 23.0 Å². The van der Waals surface area contributed by atoms with E-state index >= 15 is 0 Å². The fraction of sp³-hybridized carbons (Fsp3) is 0.222. The second kappa shape index (κ2) is 3.56. The molecule has 2 rings (SSSR count). The van der Waals surface area contributed by atoms with Gasteiger partial charge in [0.1, 0.15) is 5.75 Å². The molecule has 0 bridgehead atoms. The van der Waals surface area contributed by atoms with Crippen LogP contribution in [0.2, 0.25) is 0 Å². The minimum atomic E-state index is 0.0199. The lowest BCUT2D eigenvalue weighted by Crippen LogP contribution is -2.10. The maximum Gasteiger partial charge on any atom is 0.265 e. The van der Waals surface area contributed by atoms with Crippen LogP contribution in [0.1, 0.15) is 0 Å². The number of rotatable bonds is 2. The molecule has 0 fully saturated rings. The third-order valence-corrected chi connectivity index (χ3v) is 1.85. The summed E-state index contributed by atoms with van der Waals surface area (Å²) < 4.78 is 5.00. The molecule has 2 heterocycles. The van der Waals surface area contributed by atoms with Gasteiger partial charge in [-0.15, -0.1) is 0 Å². The first kappa shape index (κ1) is 9.45. The smallest absolute Gasteiger partial charge is 0.265 e. The SMILES string of the molecule is CN(C)c1noc(-c2ccncc2O)n1. The van der Waals surface area contributed by atoms with Crippen molar-refractivity contribution in [1.29, 1.82) is 0 Å². The van der Waals surface area contributed by atoms with Gasteiger partial charge in [-0.25, -0.2) is 0 Å². The fourth-order valence-corrected chi connectivity index (χ4v) is 1.07. The molecule has 0 amide bonds. The normalized spacial score (nSPS) is 10.3. The molecule has 1 N–H and O–H groups in total. The van der Waals surface area contributed by atoms with Crippen LogP contribution in [0.25, 0.3) is 11.5 Å². The number of aromatic nitrogens is 3. The van der Waals surface area contributed by atoms with Gasteiger partial charge in [-0.1, -0.05) is 0 Å². The van der Waals surface area contributed by atoms with Gasteiger partial charge in [-0.3, -0.25) is 4.98 Å². The molecule has 0 unspecified atom stereocenters. The van der Waals surface area contributed by atoms with Crippen LogP contribution in [0.3, 0.4) is 0 Å². The van der Waals surface area contributed by atoms with Gasteiger partial charge in [0.15, 0.2) is 0 Å². The van der Waals surface area contributed by atoms with Crippen molar-refractivity contribution in [3.05, 3.63) is 18.5 Å². The third kappa shape index (κ3) is 1.74. The van der Waals surface area contributed by atoms with Crippen molar-refractivity contribution < 1.29 is 9.63 Å². The van der Waals surface area contributed by atoms with Crippen molar-refractivity contribution in [3.8, 4) is 17.2 Å². The van der Waals surface area contributed by atoms with E-state index in [-0.39, 0.29) is 11.6 Å². The predicted molar refractivity (Wildman–Crippen MR) is 53.5 cm³/mol. The molecule has 0 saturated carbocycles. The summed E-state index contributed by atoms with van der Waals surface area (Å²) in [6.07, 6.45) is 2.88. The highest BCUT2D eigenvalue weighted by Gasteiger charge is 2.13. The first-order chi connectivity index (χ1) is 7.18. The molecule has 0 aromatic carbocycles. The average molecular weight is 206 g/mol. The Balaban J connectivity index is 2.42. The molecule has 0 aliphatic carbocycles. The summed E-state index contributed by atoms with van der Waals surface area (Å²) in [5.41, 5.74) is 0.477. The Morgan fingerprint density at radius 2 is 2.20 bits per heavy atom. The Hall–Kier alpha value is -2.11.